The maximum atomic E-state index is 12.6. The molecule has 1 amide bonds. The van der Waals surface area contributed by atoms with E-state index in [4.69, 9.17) is 11.6 Å². The van der Waals surface area contributed by atoms with Gasteiger partial charge in [0.15, 0.2) is 5.65 Å². The molecule has 0 fully saturated rings. The third-order valence-corrected chi connectivity index (χ3v) is 4.62. The second kappa shape index (κ2) is 7.76. The summed E-state index contributed by atoms with van der Waals surface area (Å²) in [6.45, 7) is 0.517. The molecule has 1 aromatic carbocycles. The number of nitrogens with one attached hydrogen (secondary N) is 2. The first kappa shape index (κ1) is 18.7. The molecule has 0 aliphatic carbocycles. The topological polar surface area (TPSA) is 113 Å². The molecule has 4 aromatic rings. The van der Waals surface area contributed by atoms with Crippen molar-refractivity contribution < 1.29 is 9.90 Å². The zero-order chi connectivity index (χ0) is 20.4. The largest absolute Gasteiger partial charge is 0.508 e. The number of carbonyl (C=O) groups excluding carboxylic acids is 1. The number of halogens is 1. The summed E-state index contributed by atoms with van der Waals surface area (Å²) in [6, 6.07) is 11.3. The number of H-pyrrole nitrogens is 1. The van der Waals surface area contributed by atoms with Gasteiger partial charge < -0.3 is 20.0 Å². The van der Waals surface area contributed by atoms with Crippen LogP contribution in [0, 0.1) is 0 Å². The Morgan fingerprint density at radius 2 is 2.00 bits per heavy atom. The van der Waals surface area contributed by atoms with Gasteiger partial charge in [-0.15, -0.1) is 0 Å². The first-order chi connectivity index (χ1) is 14.0. The number of benzene rings is 1. The Hall–Kier alpha value is -3.65. The standard InChI is InChI=1S/C20H16ClN5O3/c21-13-3-1-12(2-4-13)18-24-17-15(5-7-22-19(17)25-18)20(29)23-8-10-26-9-6-14(27)11-16(26)28/h1-7,9,11,27H,8,10H2,(H,23,29)(H,22,24,25). The Morgan fingerprint density at radius 3 is 2.76 bits per heavy atom. The second-order valence-corrected chi connectivity index (χ2v) is 6.76. The van der Waals surface area contributed by atoms with Gasteiger partial charge in [0.25, 0.3) is 11.5 Å². The number of aromatic nitrogens is 4. The van der Waals surface area contributed by atoms with Crippen molar-refractivity contribution in [2.75, 3.05) is 6.54 Å². The van der Waals surface area contributed by atoms with Crippen LogP contribution < -0.4 is 10.9 Å². The molecule has 0 radical (unpaired) electrons. The van der Waals surface area contributed by atoms with Crippen LogP contribution in [0.3, 0.4) is 0 Å². The number of aromatic amines is 1. The van der Waals surface area contributed by atoms with E-state index in [0.29, 0.717) is 27.6 Å². The first-order valence-electron chi connectivity index (χ1n) is 8.79. The average molecular weight is 410 g/mol. The number of amides is 1. The van der Waals surface area contributed by atoms with E-state index in [1.807, 2.05) is 12.1 Å². The van der Waals surface area contributed by atoms with Crippen LogP contribution in [0.25, 0.3) is 22.6 Å². The molecule has 0 atom stereocenters. The Kier molecular flexibility index (Phi) is 5.01. The van der Waals surface area contributed by atoms with Crippen molar-refractivity contribution in [3.05, 3.63) is 75.8 Å². The number of fused-ring (bicyclic) bond motifs is 1. The molecule has 0 saturated carbocycles. The molecule has 0 unspecified atom stereocenters. The molecule has 146 valence electrons. The van der Waals surface area contributed by atoms with Crippen molar-refractivity contribution in [2.24, 2.45) is 0 Å². The minimum atomic E-state index is -0.341. The van der Waals surface area contributed by atoms with Gasteiger partial charge in [0, 0.05) is 42.1 Å². The number of pyridine rings is 2. The van der Waals surface area contributed by atoms with Gasteiger partial charge in [0.2, 0.25) is 0 Å². The maximum absolute atomic E-state index is 12.6. The highest BCUT2D eigenvalue weighted by Crippen LogP contribution is 2.23. The maximum Gasteiger partial charge on any atom is 0.254 e. The number of hydrogen-bond donors (Lipinski definition) is 3. The van der Waals surface area contributed by atoms with Crippen molar-refractivity contribution >= 4 is 28.7 Å². The second-order valence-electron chi connectivity index (χ2n) is 6.32. The molecular weight excluding hydrogens is 394 g/mol. The molecular formula is C20H16ClN5O3. The molecule has 29 heavy (non-hydrogen) atoms. The van der Waals surface area contributed by atoms with Crippen molar-refractivity contribution in [1.82, 2.24) is 24.8 Å². The highest BCUT2D eigenvalue weighted by Gasteiger charge is 2.15. The van der Waals surface area contributed by atoms with Crippen LogP contribution in [0.2, 0.25) is 5.02 Å². The zero-order valence-corrected chi connectivity index (χ0v) is 15.8. The van der Waals surface area contributed by atoms with E-state index in [-0.39, 0.29) is 30.3 Å². The lowest BCUT2D eigenvalue weighted by molar-refractivity contribution is 0.0953. The van der Waals surface area contributed by atoms with Crippen molar-refractivity contribution in [3.63, 3.8) is 0 Å². The van der Waals surface area contributed by atoms with E-state index in [1.165, 1.54) is 23.0 Å². The Labute approximate surface area is 169 Å². The van der Waals surface area contributed by atoms with E-state index >= 15 is 0 Å². The number of nitrogens with zero attached hydrogens (tertiary/aromatic N) is 3. The van der Waals surface area contributed by atoms with Gasteiger partial charge in [0.05, 0.1) is 11.1 Å². The lowest BCUT2D eigenvalue weighted by atomic mass is 10.2. The van der Waals surface area contributed by atoms with Gasteiger partial charge in [-0.2, -0.15) is 0 Å². The van der Waals surface area contributed by atoms with Gasteiger partial charge in [-0.1, -0.05) is 11.6 Å². The quantitative estimate of drug-likeness (QED) is 0.469. The number of hydrogen-bond acceptors (Lipinski definition) is 5. The third-order valence-electron chi connectivity index (χ3n) is 4.37. The summed E-state index contributed by atoms with van der Waals surface area (Å²) in [7, 11) is 0. The highest BCUT2D eigenvalue weighted by molar-refractivity contribution is 6.30. The molecule has 3 aromatic heterocycles. The van der Waals surface area contributed by atoms with Crippen LogP contribution in [0.1, 0.15) is 10.4 Å². The summed E-state index contributed by atoms with van der Waals surface area (Å²) in [5.41, 5.74) is 1.84. The summed E-state index contributed by atoms with van der Waals surface area (Å²) in [5, 5.41) is 12.7. The molecule has 9 heteroatoms. The first-order valence-corrected chi connectivity index (χ1v) is 9.17. The molecule has 8 nitrogen and oxygen atoms in total. The van der Waals surface area contributed by atoms with Crippen LogP contribution in [-0.4, -0.2) is 37.1 Å². The van der Waals surface area contributed by atoms with E-state index < -0.39 is 0 Å². The van der Waals surface area contributed by atoms with E-state index in [0.717, 1.165) is 11.6 Å². The predicted molar refractivity (Wildman–Crippen MR) is 109 cm³/mol. The van der Waals surface area contributed by atoms with Gasteiger partial charge >= 0.3 is 0 Å². The number of carbonyl (C=O) groups is 1. The van der Waals surface area contributed by atoms with Crippen molar-refractivity contribution in [1.29, 1.82) is 0 Å². The molecule has 4 rings (SSSR count). The van der Waals surface area contributed by atoms with E-state index in [9.17, 15) is 14.7 Å². The fraction of sp³-hybridized carbons (Fsp3) is 0.100. The van der Waals surface area contributed by atoms with Gasteiger partial charge in [0.1, 0.15) is 11.6 Å². The minimum Gasteiger partial charge on any atom is -0.508 e. The predicted octanol–water partition coefficient (Wildman–Crippen LogP) is 2.58. The van der Waals surface area contributed by atoms with Crippen LogP contribution in [-0.2, 0) is 6.54 Å². The molecule has 3 N–H and O–H groups in total. The molecule has 0 saturated heterocycles. The molecule has 0 aliphatic rings. The average Bonchev–Trinajstić information content (AvgIpc) is 3.14. The Balaban J connectivity index is 1.53. The number of rotatable bonds is 5. The Bertz CT molecular complexity index is 1250. The van der Waals surface area contributed by atoms with Crippen LogP contribution >= 0.6 is 11.6 Å². The fourth-order valence-electron chi connectivity index (χ4n) is 2.91. The molecule has 0 spiro atoms. The van der Waals surface area contributed by atoms with Gasteiger partial charge in [-0.05, 0) is 36.4 Å². The molecule has 0 aliphatic heterocycles. The number of imidazole rings is 1. The van der Waals surface area contributed by atoms with Crippen LogP contribution in [0.5, 0.6) is 5.75 Å². The van der Waals surface area contributed by atoms with E-state index in [1.54, 1.807) is 18.2 Å². The zero-order valence-electron chi connectivity index (χ0n) is 15.1. The number of aromatic hydroxyl groups is 1. The summed E-state index contributed by atoms with van der Waals surface area (Å²) >= 11 is 5.93. The summed E-state index contributed by atoms with van der Waals surface area (Å²) in [4.78, 5) is 36.2. The normalized spacial score (nSPS) is 10.9. The smallest absolute Gasteiger partial charge is 0.254 e. The van der Waals surface area contributed by atoms with Gasteiger partial charge in [-0.25, -0.2) is 9.97 Å². The van der Waals surface area contributed by atoms with Crippen molar-refractivity contribution in [3.8, 4) is 17.1 Å². The van der Waals surface area contributed by atoms with Crippen molar-refractivity contribution in [2.45, 2.75) is 6.54 Å². The monoisotopic (exact) mass is 409 g/mol. The summed E-state index contributed by atoms with van der Waals surface area (Å²) < 4.78 is 1.40. The highest BCUT2D eigenvalue weighted by atomic mass is 35.5. The Morgan fingerprint density at radius 1 is 1.21 bits per heavy atom. The molecule has 0 bridgehead atoms. The summed E-state index contributed by atoms with van der Waals surface area (Å²) in [6.07, 6.45) is 3.00. The fourth-order valence-corrected chi connectivity index (χ4v) is 3.04. The lowest BCUT2D eigenvalue weighted by Crippen LogP contribution is -2.30. The third kappa shape index (κ3) is 3.97. The SMILES string of the molecule is O=C(NCCn1ccc(O)cc1=O)c1ccnc2nc(-c3ccc(Cl)cc3)[nH]c12. The summed E-state index contributed by atoms with van der Waals surface area (Å²) in [5.74, 6) is 0.181. The van der Waals surface area contributed by atoms with E-state index in [2.05, 4.69) is 20.3 Å². The van der Waals surface area contributed by atoms with Crippen LogP contribution in [0.4, 0.5) is 0 Å². The van der Waals surface area contributed by atoms with Gasteiger partial charge in [-0.3, -0.25) is 9.59 Å². The lowest BCUT2D eigenvalue weighted by Gasteiger charge is -2.08. The minimum absolute atomic E-state index is 0.0924. The molecule has 3 heterocycles. The van der Waals surface area contributed by atoms with Crippen LogP contribution in [0.15, 0.2) is 59.7 Å².